The van der Waals surface area contributed by atoms with Crippen molar-refractivity contribution in [2.45, 2.75) is 33.2 Å². The molecule has 12 heteroatoms. The number of nitrogens with two attached hydrogens (primary N) is 1. The van der Waals surface area contributed by atoms with Crippen molar-refractivity contribution in [3.05, 3.63) is 82.4 Å². The molecule has 3 aromatic heterocycles. The predicted octanol–water partition coefficient (Wildman–Crippen LogP) is 4.63. The van der Waals surface area contributed by atoms with Gasteiger partial charge in [-0.25, -0.2) is 24.1 Å². The van der Waals surface area contributed by atoms with E-state index in [1.807, 2.05) is 47.9 Å². The SMILES string of the molecule is Cc1cccc2nc(Cn3cnc4c(N)ncnc43)n(-c3ccccc3C(C)C)c(=O)c12.O=S(Cl)Cl. The minimum atomic E-state index is -1.67. The summed E-state index contributed by atoms with van der Waals surface area (Å²) in [6.07, 6.45) is 3.06. The van der Waals surface area contributed by atoms with E-state index in [-0.39, 0.29) is 11.5 Å². The molecule has 5 aromatic rings. The fraction of sp³-hybridized carbons (Fsp3) is 0.208. The molecule has 0 radical (unpaired) electrons. The van der Waals surface area contributed by atoms with Crippen LogP contribution in [0.2, 0.25) is 0 Å². The maximum Gasteiger partial charge on any atom is 0.266 e. The van der Waals surface area contributed by atoms with Gasteiger partial charge < -0.3 is 10.3 Å². The maximum atomic E-state index is 13.8. The summed E-state index contributed by atoms with van der Waals surface area (Å²) in [4.78, 5) is 31.5. The van der Waals surface area contributed by atoms with Gasteiger partial charge in [0, 0.05) is 21.4 Å². The second-order valence-electron chi connectivity index (χ2n) is 8.34. The molecular formula is C24H23Cl2N7O2S. The first kappa shape index (κ1) is 25.7. The van der Waals surface area contributed by atoms with E-state index in [0.717, 1.165) is 16.8 Å². The zero-order chi connectivity index (χ0) is 26.0. The summed E-state index contributed by atoms with van der Waals surface area (Å²) >= 11 is 0. The number of aryl methyl sites for hydroxylation is 1. The number of fused-ring (bicyclic) bond motifs is 2. The molecule has 36 heavy (non-hydrogen) atoms. The van der Waals surface area contributed by atoms with Gasteiger partial charge in [-0.2, -0.15) is 0 Å². The van der Waals surface area contributed by atoms with Crippen LogP contribution < -0.4 is 11.3 Å². The fourth-order valence-electron chi connectivity index (χ4n) is 4.14. The number of para-hydroxylation sites is 1. The van der Waals surface area contributed by atoms with Crippen LogP contribution >= 0.6 is 21.4 Å². The molecule has 0 fully saturated rings. The van der Waals surface area contributed by atoms with Gasteiger partial charge in [-0.15, -0.1) is 0 Å². The molecule has 186 valence electrons. The minimum Gasteiger partial charge on any atom is -0.382 e. The van der Waals surface area contributed by atoms with Crippen LogP contribution in [0.4, 0.5) is 5.82 Å². The van der Waals surface area contributed by atoms with E-state index in [2.05, 4.69) is 56.2 Å². The quantitative estimate of drug-likeness (QED) is 0.328. The Morgan fingerprint density at radius 2 is 1.78 bits per heavy atom. The third kappa shape index (κ3) is 5.11. The third-order valence-corrected chi connectivity index (χ3v) is 5.72. The Morgan fingerprint density at radius 3 is 2.50 bits per heavy atom. The lowest BCUT2D eigenvalue weighted by molar-refractivity contribution is 0.698. The van der Waals surface area contributed by atoms with Crippen molar-refractivity contribution < 1.29 is 4.21 Å². The van der Waals surface area contributed by atoms with Crippen LogP contribution in [-0.2, 0) is 15.8 Å². The topological polar surface area (TPSA) is 122 Å². The number of aromatic nitrogens is 6. The van der Waals surface area contributed by atoms with Crippen molar-refractivity contribution in [2.24, 2.45) is 0 Å². The number of benzene rings is 2. The highest BCUT2D eigenvalue weighted by molar-refractivity contribution is 8.26. The van der Waals surface area contributed by atoms with Gasteiger partial charge in [-0.3, -0.25) is 9.36 Å². The molecule has 0 spiro atoms. The largest absolute Gasteiger partial charge is 0.382 e. The van der Waals surface area contributed by atoms with E-state index in [0.29, 0.717) is 40.3 Å². The van der Waals surface area contributed by atoms with E-state index in [4.69, 9.17) is 14.9 Å². The molecule has 5 rings (SSSR count). The van der Waals surface area contributed by atoms with Gasteiger partial charge in [-0.1, -0.05) is 44.2 Å². The Balaban J connectivity index is 0.000000709. The van der Waals surface area contributed by atoms with Gasteiger partial charge in [0.1, 0.15) is 17.7 Å². The van der Waals surface area contributed by atoms with Crippen LogP contribution in [0, 0.1) is 6.92 Å². The Hall–Kier alpha value is -3.34. The van der Waals surface area contributed by atoms with Gasteiger partial charge >= 0.3 is 0 Å². The van der Waals surface area contributed by atoms with Gasteiger partial charge in [0.05, 0.1) is 29.5 Å². The molecule has 0 amide bonds. The molecular weight excluding hydrogens is 521 g/mol. The third-order valence-electron chi connectivity index (χ3n) is 5.72. The number of nitrogen functional groups attached to an aromatic ring is 1. The summed E-state index contributed by atoms with van der Waals surface area (Å²) in [7, 11) is 7.36. The normalized spacial score (nSPS) is 11.3. The van der Waals surface area contributed by atoms with E-state index in [9.17, 15) is 4.79 Å². The van der Waals surface area contributed by atoms with Gasteiger partial charge in [0.25, 0.3) is 5.56 Å². The Morgan fingerprint density at radius 1 is 1.06 bits per heavy atom. The minimum absolute atomic E-state index is 0.0882. The monoisotopic (exact) mass is 543 g/mol. The predicted molar refractivity (Wildman–Crippen MR) is 145 cm³/mol. The van der Waals surface area contributed by atoms with Gasteiger partial charge in [0.2, 0.25) is 9.23 Å². The number of halogens is 2. The molecule has 2 N–H and O–H groups in total. The highest BCUT2D eigenvalue weighted by atomic mass is 36.0. The summed E-state index contributed by atoms with van der Waals surface area (Å²) < 4.78 is 12.6. The van der Waals surface area contributed by atoms with E-state index >= 15 is 0 Å². The number of rotatable bonds is 4. The van der Waals surface area contributed by atoms with Crippen molar-refractivity contribution >= 4 is 58.5 Å². The Labute approximate surface area is 218 Å². The fourth-order valence-corrected chi connectivity index (χ4v) is 4.14. The number of imidazole rings is 1. The van der Waals surface area contributed by atoms with Gasteiger partial charge in [0.15, 0.2) is 11.5 Å². The average Bonchev–Trinajstić information content (AvgIpc) is 3.23. The molecule has 0 saturated heterocycles. The highest BCUT2D eigenvalue weighted by Crippen LogP contribution is 2.25. The first-order valence-corrected chi connectivity index (χ1v) is 13.8. The number of hydrogen-bond acceptors (Lipinski definition) is 7. The van der Waals surface area contributed by atoms with E-state index in [1.165, 1.54) is 6.33 Å². The van der Waals surface area contributed by atoms with Crippen molar-refractivity contribution in [3.63, 3.8) is 0 Å². The zero-order valence-corrected chi connectivity index (χ0v) is 22.1. The van der Waals surface area contributed by atoms with Crippen molar-refractivity contribution in [1.82, 2.24) is 29.1 Å². The van der Waals surface area contributed by atoms with Crippen LogP contribution in [0.15, 0.2) is 59.9 Å². The molecule has 0 atom stereocenters. The van der Waals surface area contributed by atoms with Crippen LogP contribution in [0.25, 0.3) is 27.8 Å². The summed E-state index contributed by atoms with van der Waals surface area (Å²) in [5, 5.41) is 0.622. The lowest BCUT2D eigenvalue weighted by atomic mass is 10.0. The standard InChI is InChI=1S/C24H23N7O.Cl2OS/c1-14(2)16-8-4-5-10-18(16)31-19(29-17-9-6-7-15(3)20(17)24(31)32)11-30-13-28-21-22(25)26-12-27-23(21)30;1-4(2)3/h4-10,12-14H,11H2,1-3H3,(H2,25,26,27);. The number of nitrogens with zero attached hydrogens (tertiary/aromatic N) is 6. The molecule has 0 aliphatic rings. The second kappa shape index (κ2) is 10.7. The Bertz CT molecular complexity index is 1650. The molecule has 9 nitrogen and oxygen atoms in total. The van der Waals surface area contributed by atoms with Crippen LogP contribution in [0.1, 0.15) is 36.7 Å². The summed E-state index contributed by atoms with van der Waals surface area (Å²) in [6.45, 7) is 6.48. The summed E-state index contributed by atoms with van der Waals surface area (Å²) in [5.41, 5.74) is 10.5. The molecule has 0 unspecified atom stereocenters. The van der Waals surface area contributed by atoms with Gasteiger partial charge in [-0.05, 0) is 36.1 Å². The first-order chi connectivity index (χ1) is 17.2. The molecule has 2 aromatic carbocycles. The smallest absolute Gasteiger partial charge is 0.266 e. The molecule has 0 aliphatic heterocycles. The van der Waals surface area contributed by atoms with E-state index < -0.39 is 9.23 Å². The van der Waals surface area contributed by atoms with Crippen LogP contribution in [-0.4, -0.2) is 33.3 Å². The maximum absolute atomic E-state index is 13.8. The van der Waals surface area contributed by atoms with Crippen molar-refractivity contribution in [3.8, 4) is 5.69 Å². The lowest BCUT2D eigenvalue weighted by Gasteiger charge is -2.19. The lowest BCUT2D eigenvalue weighted by Crippen LogP contribution is -2.27. The summed E-state index contributed by atoms with van der Waals surface area (Å²) in [6, 6.07) is 13.7. The van der Waals surface area contributed by atoms with Crippen LogP contribution in [0.3, 0.4) is 0 Å². The van der Waals surface area contributed by atoms with Crippen molar-refractivity contribution in [1.29, 1.82) is 0 Å². The zero-order valence-electron chi connectivity index (χ0n) is 19.7. The first-order valence-electron chi connectivity index (χ1n) is 10.9. The number of hydrogen-bond donors (Lipinski definition) is 1. The summed E-state index contributed by atoms with van der Waals surface area (Å²) in [5.74, 6) is 1.15. The average molecular weight is 544 g/mol. The van der Waals surface area contributed by atoms with Crippen molar-refractivity contribution in [2.75, 3.05) is 5.73 Å². The molecule has 0 saturated carbocycles. The van der Waals surface area contributed by atoms with Crippen LogP contribution in [0.5, 0.6) is 0 Å². The molecule has 0 aliphatic carbocycles. The van der Waals surface area contributed by atoms with E-state index in [1.54, 1.807) is 10.9 Å². The number of anilines is 1. The second-order valence-corrected chi connectivity index (χ2v) is 10.9. The Kier molecular flexibility index (Phi) is 7.67. The molecule has 0 bridgehead atoms. The molecule has 3 heterocycles. The highest BCUT2D eigenvalue weighted by Gasteiger charge is 2.19.